The smallest absolute Gasteiger partial charge is 0.181 e. The van der Waals surface area contributed by atoms with Gasteiger partial charge in [-0.2, -0.15) is 5.26 Å². The van der Waals surface area contributed by atoms with E-state index in [2.05, 4.69) is 4.98 Å². The molecule has 2 rings (SSSR count). The third kappa shape index (κ3) is 1.97. The van der Waals surface area contributed by atoms with E-state index in [0.29, 0.717) is 26.5 Å². The highest BCUT2D eigenvalue weighted by Crippen LogP contribution is 2.30. The second-order valence-electron chi connectivity index (χ2n) is 2.87. The molecule has 0 aliphatic rings. The highest BCUT2D eigenvalue weighted by Gasteiger charge is 2.12. The summed E-state index contributed by atoms with van der Waals surface area (Å²) in [5.74, 6) is -0.434. The molecule has 0 spiro atoms. The Morgan fingerprint density at radius 1 is 1.50 bits per heavy atom. The fourth-order valence-corrected chi connectivity index (χ4v) is 2.09. The van der Waals surface area contributed by atoms with Crippen LogP contribution in [-0.2, 0) is 0 Å². The van der Waals surface area contributed by atoms with Gasteiger partial charge in [0.2, 0.25) is 0 Å². The molecular formula is C11H12FN3S. The lowest BCUT2D eigenvalue weighted by atomic mass is 10.1. The number of thiazole rings is 1. The lowest BCUT2D eigenvalue weighted by Crippen LogP contribution is -1.88. The molecule has 0 saturated carbocycles. The number of rotatable bonds is 0. The molecule has 0 radical (unpaired) electrons. The van der Waals surface area contributed by atoms with Gasteiger partial charge in [0, 0.05) is 0 Å². The van der Waals surface area contributed by atoms with E-state index in [1.54, 1.807) is 6.92 Å². The molecule has 1 aromatic heterocycles. The van der Waals surface area contributed by atoms with Gasteiger partial charge in [0.1, 0.15) is 5.82 Å². The standard InChI is InChI=1S/C9H6FN3S.C2H6/c1-4-5(3-11)2-6(10)8-7(4)13-9(12)14-8;1-2/h2H,1H3,(H2,12,13);1-2H3. The van der Waals surface area contributed by atoms with Crippen molar-refractivity contribution in [2.24, 2.45) is 0 Å². The summed E-state index contributed by atoms with van der Waals surface area (Å²) in [5.41, 5.74) is 6.95. The Balaban J connectivity index is 0.000000606. The van der Waals surface area contributed by atoms with E-state index in [-0.39, 0.29) is 0 Å². The van der Waals surface area contributed by atoms with Crippen molar-refractivity contribution < 1.29 is 4.39 Å². The monoisotopic (exact) mass is 237 g/mol. The number of nitrogens with zero attached hydrogens (tertiary/aromatic N) is 2. The van der Waals surface area contributed by atoms with Crippen molar-refractivity contribution in [2.45, 2.75) is 20.8 Å². The van der Waals surface area contributed by atoms with Gasteiger partial charge in [0.15, 0.2) is 5.13 Å². The fraction of sp³-hybridized carbons (Fsp3) is 0.273. The Labute approximate surface area is 97.3 Å². The van der Waals surface area contributed by atoms with Crippen LogP contribution in [-0.4, -0.2) is 4.98 Å². The number of nitrogens with two attached hydrogens (primary N) is 1. The van der Waals surface area contributed by atoms with E-state index >= 15 is 0 Å². The minimum Gasteiger partial charge on any atom is -0.375 e. The molecule has 2 aromatic rings. The zero-order valence-electron chi connectivity index (χ0n) is 9.34. The third-order valence-corrected chi connectivity index (χ3v) is 2.90. The second-order valence-corrected chi connectivity index (χ2v) is 3.90. The average Bonchev–Trinajstić information content (AvgIpc) is 2.69. The molecule has 0 amide bonds. The SMILES string of the molecule is CC.Cc1c(C#N)cc(F)c2sc(N)nc12. The van der Waals surface area contributed by atoms with Crippen molar-refractivity contribution in [3.63, 3.8) is 0 Å². The first-order valence-electron chi connectivity index (χ1n) is 4.88. The van der Waals surface area contributed by atoms with E-state index in [1.807, 2.05) is 19.9 Å². The minimum absolute atomic E-state index is 0.306. The molecular weight excluding hydrogens is 225 g/mol. The number of nitrogen functional groups attached to an aromatic ring is 1. The van der Waals surface area contributed by atoms with Gasteiger partial charge < -0.3 is 5.73 Å². The quantitative estimate of drug-likeness (QED) is 0.765. The van der Waals surface area contributed by atoms with Crippen molar-refractivity contribution >= 4 is 26.7 Å². The van der Waals surface area contributed by atoms with Crippen LogP contribution < -0.4 is 5.73 Å². The molecule has 0 saturated heterocycles. The van der Waals surface area contributed by atoms with E-state index < -0.39 is 5.82 Å². The zero-order chi connectivity index (χ0) is 12.3. The van der Waals surface area contributed by atoms with Crippen LogP contribution in [0.3, 0.4) is 0 Å². The molecule has 1 aromatic carbocycles. The van der Waals surface area contributed by atoms with Crippen LogP contribution in [0.1, 0.15) is 25.0 Å². The number of fused-ring (bicyclic) bond motifs is 1. The van der Waals surface area contributed by atoms with Crippen LogP contribution in [0.5, 0.6) is 0 Å². The zero-order valence-corrected chi connectivity index (χ0v) is 10.2. The van der Waals surface area contributed by atoms with E-state index in [0.717, 1.165) is 11.3 Å². The third-order valence-electron chi connectivity index (χ3n) is 2.01. The van der Waals surface area contributed by atoms with Gasteiger partial charge in [0.25, 0.3) is 0 Å². The normalized spacial score (nSPS) is 9.44. The number of halogens is 1. The van der Waals surface area contributed by atoms with E-state index in [9.17, 15) is 4.39 Å². The van der Waals surface area contributed by atoms with Crippen LogP contribution in [0, 0.1) is 24.1 Å². The topological polar surface area (TPSA) is 62.7 Å². The van der Waals surface area contributed by atoms with E-state index in [1.165, 1.54) is 6.07 Å². The fourth-order valence-electron chi connectivity index (χ4n) is 1.30. The lowest BCUT2D eigenvalue weighted by molar-refractivity contribution is 0.641. The van der Waals surface area contributed by atoms with Gasteiger partial charge in [-0.05, 0) is 18.6 Å². The summed E-state index contributed by atoms with van der Waals surface area (Å²) in [7, 11) is 0. The summed E-state index contributed by atoms with van der Waals surface area (Å²) in [6, 6.07) is 3.14. The maximum atomic E-state index is 13.4. The lowest BCUT2D eigenvalue weighted by Gasteiger charge is -1.98. The molecule has 5 heteroatoms. The van der Waals surface area contributed by atoms with Crippen LogP contribution >= 0.6 is 11.3 Å². The van der Waals surface area contributed by atoms with Crippen molar-refractivity contribution in [1.82, 2.24) is 4.98 Å². The first kappa shape index (κ1) is 12.4. The Hall–Kier alpha value is -1.67. The van der Waals surface area contributed by atoms with Crippen LogP contribution in [0.2, 0.25) is 0 Å². The maximum Gasteiger partial charge on any atom is 0.181 e. The number of nitriles is 1. The molecule has 3 nitrogen and oxygen atoms in total. The summed E-state index contributed by atoms with van der Waals surface area (Å²) >= 11 is 1.09. The molecule has 0 aliphatic carbocycles. The first-order valence-corrected chi connectivity index (χ1v) is 5.70. The minimum atomic E-state index is -0.434. The molecule has 0 aliphatic heterocycles. The molecule has 0 unspecified atom stereocenters. The highest BCUT2D eigenvalue weighted by atomic mass is 32.1. The van der Waals surface area contributed by atoms with Gasteiger partial charge in [-0.1, -0.05) is 25.2 Å². The van der Waals surface area contributed by atoms with Gasteiger partial charge in [-0.15, -0.1) is 0 Å². The van der Waals surface area contributed by atoms with Crippen LogP contribution in [0.4, 0.5) is 9.52 Å². The number of aryl methyl sites for hydroxylation is 1. The van der Waals surface area contributed by atoms with Gasteiger partial charge >= 0.3 is 0 Å². The van der Waals surface area contributed by atoms with Gasteiger partial charge in [-0.3, -0.25) is 0 Å². The summed E-state index contributed by atoms with van der Waals surface area (Å²) in [6.07, 6.45) is 0. The molecule has 1 heterocycles. The molecule has 16 heavy (non-hydrogen) atoms. The van der Waals surface area contributed by atoms with Gasteiger partial charge in [0.05, 0.1) is 21.8 Å². The van der Waals surface area contributed by atoms with Crippen molar-refractivity contribution in [1.29, 1.82) is 5.26 Å². The first-order chi connectivity index (χ1) is 7.63. The highest BCUT2D eigenvalue weighted by molar-refractivity contribution is 7.22. The Bertz CT molecular complexity index is 554. The predicted molar refractivity (Wildman–Crippen MR) is 64.8 cm³/mol. The number of aromatic nitrogens is 1. The molecule has 0 bridgehead atoms. The number of hydrogen-bond donors (Lipinski definition) is 1. The Morgan fingerprint density at radius 2 is 2.12 bits per heavy atom. The van der Waals surface area contributed by atoms with Crippen LogP contribution in [0.25, 0.3) is 10.2 Å². The van der Waals surface area contributed by atoms with E-state index in [4.69, 9.17) is 11.0 Å². The maximum absolute atomic E-state index is 13.4. The summed E-state index contributed by atoms with van der Waals surface area (Å²) in [5, 5.41) is 9.05. The Morgan fingerprint density at radius 3 is 2.69 bits per heavy atom. The largest absolute Gasteiger partial charge is 0.375 e. The Kier molecular flexibility index (Phi) is 3.80. The summed E-state index contributed by atoms with van der Waals surface area (Å²) in [6.45, 7) is 5.74. The summed E-state index contributed by atoms with van der Waals surface area (Å²) in [4.78, 5) is 3.99. The molecule has 84 valence electrons. The van der Waals surface area contributed by atoms with Crippen molar-refractivity contribution in [3.05, 3.63) is 23.0 Å². The van der Waals surface area contributed by atoms with Crippen molar-refractivity contribution in [2.75, 3.05) is 5.73 Å². The van der Waals surface area contributed by atoms with Crippen molar-refractivity contribution in [3.8, 4) is 6.07 Å². The number of benzene rings is 1. The van der Waals surface area contributed by atoms with Crippen LogP contribution in [0.15, 0.2) is 6.07 Å². The number of hydrogen-bond acceptors (Lipinski definition) is 4. The molecule has 0 atom stereocenters. The second kappa shape index (κ2) is 4.90. The predicted octanol–water partition coefficient (Wildman–Crippen LogP) is 3.22. The average molecular weight is 237 g/mol. The van der Waals surface area contributed by atoms with Gasteiger partial charge in [-0.25, -0.2) is 9.37 Å². The number of anilines is 1. The molecule has 0 fully saturated rings. The summed E-state index contributed by atoms with van der Waals surface area (Å²) < 4.78 is 13.8. The molecule has 2 N–H and O–H groups in total.